The van der Waals surface area contributed by atoms with E-state index in [0.717, 1.165) is 12.1 Å². The second kappa shape index (κ2) is 2.98. The smallest absolute Gasteiger partial charge is 0.0706 e. The minimum atomic E-state index is 1.08. The lowest BCUT2D eigenvalue weighted by Crippen LogP contribution is -2.12. The van der Waals surface area contributed by atoms with Gasteiger partial charge in [0.05, 0.1) is 17.4 Å². The molecule has 0 bridgehead atoms. The van der Waals surface area contributed by atoms with Gasteiger partial charge >= 0.3 is 0 Å². The Hall–Kier alpha value is -1.57. The summed E-state index contributed by atoms with van der Waals surface area (Å²) in [5.74, 6) is 0. The molecule has 0 unspecified atom stereocenters. The van der Waals surface area contributed by atoms with Crippen LogP contribution in [-0.2, 0) is 6.42 Å². The molecule has 1 aromatic carbocycles. The molecule has 70 valence electrons. The van der Waals surface area contributed by atoms with E-state index in [2.05, 4.69) is 28.5 Å². The van der Waals surface area contributed by atoms with Crippen LogP contribution >= 0.6 is 0 Å². The van der Waals surface area contributed by atoms with Crippen molar-refractivity contribution in [1.29, 1.82) is 0 Å². The number of aryl methyl sites for hydroxylation is 1. The number of nitrogens with zero attached hydrogens (tertiary/aromatic N) is 1. The first-order valence-corrected chi connectivity index (χ1v) is 5.05. The van der Waals surface area contributed by atoms with Crippen LogP contribution in [0.1, 0.15) is 12.0 Å². The van der Waals surface area contributed by atoms with Gasteiger partial charge in [0, 0.05) is 11.9 Å². The Morgan fingerprint density at radius 3 is 3.14 bits per heavy atom. The Morgan fingerprint density at radius 2 is 2.14 bits per heavy atom. The molecule has 0 fully saturated rings. The summed E-state index contributed by atoms with van der Waals surface area (Å²) in [5, 5.41) is 4.70. The van der Waals surface area contributed by atoms with Crippen molar-refractivity contribution in [2.75, 3.05) is 11.9 Å². The van der Waals surface area contributed by atoms with E-state index < -0.39 is 0 Å². The van der Waals surface area contributed by atoms with Gasteiger partial charge in [0.15, 0.2) is 0 Å². The minimum absolute atomic E-state index is 1.08. The van der Waals surface area contributed by atoms with Crippen LogP contribution in [0, 0.1) is 0 Å². The number of hydrogen-bond donors (Lipinski definition) is 1. The summed E-state index contributed by atoms with van der Waals surface area (Å²) < 4.78 is 0. The summed E-state index contributed by atoms with van der Waals surface area (Å²) in [5.41, 5.74) is 3.76. The molecule has 1 N–H and O–H groups in total. The maximum Gasteiger partial charge on any atom is 0.0706 e. The predicted octanol–water partition coefficient (Wildman–Crippen LogP) is 2.59. The third kappa shape index (κ3) is 1.07. The van der Waals surface area contributed by atoms with Crippen molar-refractivity contribution in [2.24, 2.45) is 0 Å². The summed E-state index contributed by atoms with van der Waals surface area (Å²) in [7, 11) is 0. The van der Waals surface area contributed by atoms with Crippen molar-refractivity contribution in [3.63, 3.8) is 0 Å². The number of fused-ring (bicyclic) bond motifs is 3. The van der Waals surface area contributed by atoms with E-state index in [0.29, 0.717) is 0 Å². The van der Waals surface area contributed by atoms with Gasteiger partial charge < -0.3 is 5.32 Å². The molecule has 0 aliphatic carbocycles. The number of rotatable bonds is 0. The highest BCUT2D eigenvalue weighted by atomic mass is 14.9. The number of pyridine rings is 1. The zero-order chi connectivity index (χ0) is 9.38. The second-order valence-corrected chi connectivity index (χ2v) is 3.70. The molecule has 2 aromatic rings. The Morgan fingerprint density at radius 1 is 1.21 bits per heavy atom. The molecule has 1 aromatic heterocycles. The third-order valence-corrected chi connectivity index (χ3v) is 2.81. The van der Waals surface area contributed by atoms with Crippen LogP contribution in [0.4, 0.5) is 5.69 Å². The van der Waals surface area contributed by atoms with Gasteiger partial charge in [-0.2, -0.15) is 0 Å². The molecule has 0 atom stereocenters. The third-order valence-electron chi connectivity index (χ3n) is 2.81. The first-order chi connectivity index (χ1) is 6.95. The van der Waals surface area contributed by atoms with Crippen LogP contribution in [0.2, 0.25) is 0 Å². The molecule has 2 heterocycles. The zero-order valence-corrected chi connectivity index (χ0v) is 7.96. The Bertz CT molecular complexity index is 477. The Balaban J connectivity index is 2.34. The van der Waals surface area contributed by atoms with Gasteiger partial charge in [0.2, 0.25) is 0 Å². The van der Waals surface area contributed by atoms with Gasteiger partial charge in [-0.1, -0.05) is 18.2 Å². The van der Waals surface area contributed by atoms with Crippen molar-refractivity contribution in [3.8, 4) is 0 Å². The summed E-state index contributed by atoms with van der Waals surface area (Å²) in [6.45, 7) is 1.08. The Labute approximate surface area is 83.0 Å². The van der Waals surface area contributed by atoms with E-state index in [1.54, 1.807) is 0 Å². The van der Waals surface area contributed by atoms with Gasteiger partial charge in [-0.3, -0.25) is 4.98 Å². The van der Waals surface area contributed by atoms with Crippen molar-refractivity contribution in [3.05, 3.63) is 36.0 Å². The average molecular weight is 184 g/mol. The lowest BCUT2D eigenvalue weighted by Gasteiger charge is -2.18. The highest BCUT2D eigenvalue weighted by Crippen LogP contribution is 2.27. The fourth-order valence-corrected chi connectivity index (χ4v) is 2.11. The number of aromatic nitrogens is 1. The lowest BCUT2D eigenvalue weighted by molar-refractivity contribution is 0.834. The predicted molar refractivity (Wildman–Crippen MR) is 58.6 cm³/mol. The van der Waals surface area contributed by atoms with Gasteiger partial charge in [0.25, 0.3) is 0 Å². The van der Waals surface area contributed by atoms with Crippen LogP contribution in [0.3, 0.4) is 0 Å². The van der Waals surface area contributed by atoms with Gasteiger partial charge in [-0.15, -0.1) is 0 Å². The molecule has 1 aliphatic rings. The largest absolute Gasteiger partial charge is 0.384 e. The van der Waals surface area contributed by atoms with Crippen LogP contribution in [0.5, 0.6) is 0 Å². The monoisotopic (exact) mass is 184 g/mol. The van der Waals surface area contributed by atoms with E-state index in [9.17, 15) is 0 Å². The minimum Gasteiger partial charge on any atom is -0.384 e. The number of anilines is 1. The van der Waals surface area contributed by atoms with Gasteiger partial charge in [-0.25, -0.2) is 0 Å². The molecule has 0 radical (unpaired) electrons. The van der Waals surface area contributed by atoms with Crippen molar-refractivity contribution in [1.82, 2.24) is 4.98 Å². The SMILES string of the molecule is c1ccc2c3c(cnc2c1)NCCC3. The van der Waals surface area contributed by atoms with Crippen LogP contribution < -0.4 is 5.32 Å². The molecular weight excluding hydrogens is 172 g/mol. The highest BCUT2D eigenvalue weighted by Gasteiger charge is 2.11. The maximum absolute atomic E-state index is 4.43. The number of para-hydroxylation sites is 1. The standard InChI is InChI=1S/C12H12N2/c1-2-6-11-9(4-1)10-5-3-7-13-12(10)8-14-11/h1-2,4,6,8,13H,3,5,7H2. The van der Waals surface area contributed by atoms with E-state index in [4.69, 9.17) is 0 Å². The second-order valence-electron chi connectivity index (χ2n) is 3.70. The number of nitrogens with one attached hydrogen (secondary N) is 1. The first kappa shape index (κ1) is 7.80. The average Bonchev–Trinajstić information content (AvgIpc) is 2.29. The fraction of sp³-hybridized carbons (Fsp3) is 0.250. The van der Waals surface area contributed by atoms with Gasteiger partial charge in [-0.05, 0) is 24.5 Å². The van der Waals surface area contributed by atoms with Crippen LogP contribution in [0.15, 0.2) is 30.5 Å². The molecule has 0 spiro atoms. The van der Waals surface area contributed by atoms with Gasteiger partial charge in [0.1, 0.15) is 0 Å². The van der Waals surface area contributed by atoms with E-state index in [1.807, 2.05) is 12.3 Å². The van der Waals surface area contributed by atoms with Crippen LogP contribution in [0.25, 0.3) is 10.9 Å². The van der Waals surface area contributed by atoms with Crippen molar-refractivity contribution in [2.45, 2.75) is 12.8 Å². The summed E-state index contributed by atoms with van der Waals surface area (Å²) in [6, 6.07) is 8.36. The molecule has 0 saturated heterocycles. The topological polar surface area (TPSA) is 24.9 Å². The molecule has 2 nitrogen and oxygen atoms in total. The molecule has 0 amide bonds. The summed E-state index contributed by atoms with van der Waals surface area (Å²) in [4.78, 5) is 4.43. The lowest BCUT2D eigenvalue weighted by atomic mass is 10.00. The van der Waals surface area contributed by atoms with Crippen LogP contribution in [-0.4, -0.2) is 11.5 Å². The zero-order valence-electron chi connectivity index (χ0n) is 7.96. The highest BCUT2D eigenvalue weighted by molar-refractivity contribution is 5.86. The summed E-state index contributed by atoms with van der Waals surface area (Å²) in [6.07, 6.45) is 4.35. The molecule has 2 heteroatoms. The number of benzene rings is 1. The Kier molecular flexibility index (Phi) is 1.66. The first-order valence-electron chi connectivity index (χ1n) is 5.05. The summed E-state index contributed by atoms with van der Waals surface area (Å²) >= 11 is 0. The quantitative estimate of drug-likeness (QED) is 0.680. The van der Waals surface area contributed by atoms with E-state index in [-0.39, 0.29) is 0 Å². The van der Waals surface area contributed by atoms with E-state index >= 15 is 0 Å². The molecule has 14 heavy (non-hydrogen) atoms. The maximum atomic E-state index is 4.43. The molecule has 3 rings (SSSR count). The normalized spacial score (nSPS) is 14.9. The number of hydrogen-bond acceptors (Lipinski definition) is 2. The van der Waals surface area contributed by atoms with Crippen molar-refractivity contribution >= 4 is 16.6 Å². The van der Waals surface area contributed by atoms with E-state index in [1.165, 1.54) is 29.5 Å². The molecule has 1 aliphatic heterocycles. The molecule has 0 saturated carbocycles. The fourth-order valence-electron chi connectivity index (χ4n) is 2.11. The van der Waals surface area contributed by atoms with Crippen molar-refractivity contribution < 1.29 is 0 Å². The molecular formula is C12H12N2.